The molecule has 0 spiro atoms. The fourth-order valence-corrected chi connectivity index (χ4v) is 1.49. The first-order chi connectivity index (χ1) is 8.33. The number of nitrogens with zero attached hydrogens (tertiary/aromatic N) is 1. The summed E-state index contributed by atoms with van der Waals surface area (Å²) in [4.78, 5) is 13.4. The van der Waals surface area contributed by atoms with Crippen LogP contribution in [0.25, 0.3) is 0 Å². The number of carbonyl (C=O) groups is 1. The number of ether oxygens (including phenoxy) is 1. The van der Waals surface area contributed by atoms with Gasteiger partial charge >= 0.3 is 0 Å². The van der Waals surface area contributed by atoms with Crippen LogP contribution in [0.1, 0.15) is 31.1 Å². The Morgan fingerprint density at radius 1 is 1.28 bits per heavy atom. The van der Waals surface area contributed by atoms with Crippen molar-refractivity contribution in [1.29, 1.82) is 0 Å². The van der Waals surface area contributed by atoms with E-state index in [9.17, 15) is 4.79 Å². The van der Waals surface area contributed by atoms with Crippen LogP contribution in [0.4, 0.5) is 0 Å². The predicted octanol–water partition coefficient (Wildman–Crippen LogP) is 1.93. The SMILES string of the molecule is CN(CCO)C(=O)c1ccc(OC(C)(C)C)cc1. The van der Waals surface area contributed by atoms with Crippen LogP contribution in [0.5, 0.6) is 5.75 Å². The van der Waals surface area contributed by atoms with E-state index in [0.717, 1.165) is 5.75 Å². The molecular formula is C14H21NO3. The van der Waals surface area contributed by atoms with E-state index in [1.165, 1.54) is 4.90 Å². The van der Waals surface area contributed by atoms with Crippen LogP contribution < -0.4 is 4.74 Å². The summed E-state index contributed by atoms with van der Waals surface area (Å²) in [6, 6.07) is 7.03. The molecule has 0 fully saturated rings. The van der Waals surface area contributed by atoms with Crippen LogP contribution in [0, 0.1) is 0 Å². The van der Waals surface area contributed by atoms with E-state index in [4.69, 9.17) is 9.84 Å². The predicted molar refractivity (Wildman–Crippen MR) is 70.9 cm³/mol. The first kappa shape index (κ1) is 14.5. The Hall–Kier alpha value is -1.55. The summed E-state index contributed by atoms with van der Waals surface area (Å²) < 4.78 is 5.68. The van der Waals surface area contributed by atoms with Crippen LogP contribution in [-0.4, -0.2) is 41.7 Å². The molecule has 0 saturated carbocycles. The van der Waals surface area contributed by atoms with Crippen LogP contribution in [0.3, 0.4) is 0 Å². The molecule has 18 heavy (non-hydrogen) atoms. The second-order valence-corrected chi connectivity index (χ2v) is 5.19. The molecular weight excluding hydrogens is 230 g/mol. The number of hydrogen-bond donors (Lipinski definition) is 1. The highest BCUT2D eigenvalue weighted by Crippen LogP contribution is 2.18. The van der Waals surface area contributed by atoms with E-state index >= 15 is 0 Å². The van der Waals surface area contributed by atoms with Crippen LogP contribution in [0.2, 0.25) is 0 Å². The van der Waals surface area contributed by atoms with E-state index in [1.54, 1.807) is 31.3 Å². The molecule has 1 aromatic rings. The molecule has 0 saturated heterocycles. The molecule has 0 bridgehead atoms. The Kier molecular flexibility index (Phi) is 4.73. The van der Waals surface area contributed by atoms with Gasteiger partial charge in [-0.3, -0.25) is 4.79 Å². The van der Waals surface area contributed by atoms with Gasteiger partial charge in [0.05, 0.1) is 6.61 Å². The summed E-state index contributed by atoms with van der Waals surface area (Å²) in [6.45, 7) is 6.22. The van der Waals surface area contributed by atoms with Gasteiger partial charge in [0, 0.05) is 19.2 Å². The lowest BCUT2D eigenvalue weighted by Crippen LogP contribution is -2.29. The van der Waals surface area contributed by atoms with E-state index in [1.807, 2.05) is 20.8 Å². The lowest BCUT2D eigenvalue weighted by Gasteiger charge is -2.21. The van der Waals surface area contributed by atoms with Crippen molar-refractivity contribution in [2.75, 3.05) is 20.2 Å². The van der Waals surface area contributed by atoms with Crippen molar-refractivity contribution in [2.24, 2.45) is 0 Å². The quantitative estimate of drug-likeness (QED) is 0.889. The van der Waals surface area contributed by atoms with Gasteiger partial charge < -0.3 is 14.7 Å². The topological polar surface area (TPSA) is 49.8 Å². The molecule has 1 N–H and O–H groups in total. The molecule has 1 amide bonds. The average molecular weight is 251 g/mol. The van der Waals surface area contributed by atoms with Crippen molar-refractivity contribution < 1.29 is 14.6 Å². The molecule has 1 rings (SSSR count). The number of amides is 1. The number of aliphatic hydroxyl groups is 1. The van der Waals surface area contributed by atoms with Gasteiger partial charge in [0.15, 0.2) is 0 Å². The highest BCUT2D eigenvalue weighted by atomic mass is 16.5. The molecule has 0 heterocycles. The number of benzene rings is 1. The number of likely N-dealkylation sites (N-methyl/N-ethyl adjacent to an activating group) is 1. The zero-order valence-corrected chi connectivity index (χ0v) is 11.4. The Morgan fingerprint density at radius 2 is 1.83 bits per heavy atom. The highest BCUT2D eigenvalue weighted by Gasteiger charge is 2.14. The fourth-order valence-electron chi connectivity index (χ4n) is 1.49. The summed E-state index contributed by atoms with van der Waals surface area (Å²) in [7, 11) is 1.66. The summed E-state index contributed by atoms with van der Waals surface area (Å²) in [5.74, 6) is 0.634. The van der Waals surface area contributed by atoms with Crippen molar-refractivity contribution in [2.45, 2.75) is 26.4 Å². The highest BCUT2D eigenvalue weighted by molar-refractivity contribution is 5.94. The summed E-state index contributed by atoms with van der Waals surface area (Å²) >= 11 is 0. The first-order valence-corrected chi connectivity index (χ1v) is 5.99. The Morgan fingerprint density at radius 3 is 2.28 bits per heavy atom. The van der Waals surface area contributed by atoms with Gasteiger partial charge in [-0.2, -0.15) is 0 Å². The molecule has 1 aromatic carbocycles. The molecule has 4 heteroatoms. The number of carbonyl (C=O) groups excluding carboxylic acids is 1. The Balaban J connectivity index is 2.74. The molecule has 0 aliphatic heterocycles. The number of hydrogen-bond acceptors (Lipinski definition) is 3. The first-order valence-electron chi connectivity index (χ1n) is 5.99. The summed E-state index contributed by atoms with van der Waals surface area (Å²) in [5.41, 5.74) is 0.339. The van der Waals surface area contributed by atoms with E-state index in [0.29, 0.717) is 12.1 Å². The van der Waals surface area contributed by atoms with Crippen LogP contribution in [-0.2, 0) is 0 Å². The molecule has 0 aliphatic carbocycles. The van der Waals surface area contributed by atoms with Gasteiger partial charge in [-0.25, -0.2) is 0 Å². The normalized spacial score (nSPS) is 11.2. The lowest BCUT2D eigenvalue weighted by molar-refractivity contribution is 0.0767. The lowest BCUT2D eigenvalue weighted by atomic mass is 10.1. The minimum atomic E-state index is -0.251. The van der Waals surface area contributed by atoms with E-state index in [2.05, 4.69) is 0 Å². The van der Waals surface area contributed by atoms with Crippen molar-refractivity contribution in [3.63, 3.8) is 0 Å². The third-order valence-electron chi connectivity index (χ3n) is 2.31. The second-order valence-electron chi connectivity index (χ2n) is 5.19. The fraction of sp³-hybridized carbons (Fsp3) is 0.500. The zero-order chi connectivity index (χ0) is 13.8. The molecule has 0 aromatic heterocycles. The van der Waals surface area contributed by atoms with Crippen molar-refractivity contribution >= 4 is 5.91 Å². The number of aliphatic hydroxyl groups excluding tert-OH is 1. The van der Waals surface area contributed by atoms with Gasteiger partial charge in [-0.1, -0.05) is 0 Å². The summed E-state index contributed by atoms with van der Waals surface area (Å²) in [5, 5.41) is 8.79. The van der Waals surface area contributed by atoms with Gasteiger partial charge in [0.2, 0.25) is 0 Å². The monoisotopic (exact) mass is 251 g/mol. The Labute approximate surface area is 108 Å². The maximum Gasteiger partial charge on any atom is 0.253 e. The molecule has 0 unspecified atom stereocenters. The third-order valence-corrected chi connectivity index (χ3v) is 2.31. The zero-order valence-electron chi connectivity index (χ0n) is 11.4. The molecule has 100 valence electrons. The smallest absolute Gasteiger partial charge is 0.253 e. The van der Waals surface area contributed by atoms with Gasteiger partial charge in [-0.05, 0) is 45.0 Å². The molecule has 4 nitrogen and oxygen atoms in total. The summed E-state index contributed by atoms with van der Waals surface area (Å²) in [6.07, 6.45) is 0. The second kappa shape index (κ2) is 5.87. The minimum absolute atomic E-state index is 0.0343. The molecule has 0 aliphatic rings. The van der Waals surface area contributed by atoms with Crippen LogP contribution in [0.15, 0.2) is 24.3 Å². The standard InChI is InChI=1S/C14H21NO3/c1-14(2,3)18-12-7-5-11(6-8-12)13(17)15(4)9-10-16/h5-8,16H,9-10H2,1-4H3. The van der Waals surface area contributed by atoms with E-state index < -0.39 is 0 Å². The van der Waals surface area contributed by atoms with Crippen LogP contribution >= 0.6 is 0 Å². The Bertz CT molecular complexity index is 392. The average Bonchev–Trinajstić information content (AvgIpc) is 2.27. The van der Waals surface area contributed by atoms with Gasteiger partial charge in [-0.15, -0.1) is 0 Å². The minimum Gasteiger partial charge on any atom is -0.488 e. The van der Waals surface area contributed by atoms with E-state index in [-0.39, 0.29) is 18.1 Å². The molecule has 0 radical (unpaired) electrons. The molecule has 0 atom stereocenters. The van der Waals surface area contributed by atoms with Crippen molar-refractivity contribution in [1.82, 2.24) is 4.90 Å². The van der Waals surface area contributed by atoms with Gasteiger partial charge in [0.1, 0.15) is 11.4 Å². The third kappa shape index (κ3) is 4.37. The van der Waals surface area contributed by atoms with Crippen molar-refractivity contribution in [3.8, 4) is 5.75 Å². The largest absolute Gasteiger partial charge is 0.488 e. The maximum atomic E-state index is 11.9. The number of rotatable bonds is 4. The maximum absolute atomic E-state index is 11.9. The van der Waals surface area contributed by atoms with Crippen molar-refractivity contribution in [3.05, 3.63) is 29.8 Å². The van der Waals surface area contributed by atoms with Gasteiger partial charge in [0.25, 0.3) is 5.91 Å².